The first-order valence-electron chi connectivity index (χ1n) is 9.41. The van der Waals surface area contributed by atoms with Crippen molar-refractivity contribution in [3.8, 4) is 5.75 Å². The number of carbonyl (C=O) groups is 1. The molecule has 2 aromatic carbocycles. The number of ether oxygens (including phenoxy) is 1. The third kappa shape index (κ3) is 3.85. The van der Waals surface area contributed by atoms with Gasteiger partial charge in [-0.3, -0.25) is 9.10 Å². The number of para-hydroxylation sites is 3. The second-order valence-electron chi connectivity index (χ2n) is 7.19. The summed E-state index contributed by atoms with van der Waals surface area (Å²) in [6.45, 7) is 7.60. The van der Waals surface area contributed by atoms with E-state index in [1.807, 2.05) is 25.1 Å². The number of aryl methyl sites for hydroxylation is 1. The molecule has 6 nitrogen and oxygen atoms in total. The number of anilines is 2. The summed E-state index contributed by atoms with van der Waals surface area (Å²) in [6, 6.07) is 12.8. The van der Waals surface area contributed by atoms with Crippen molar-refractivity contribution in [2.45, 2.75) is 39.7 Å². The van der Waals surface area contributed by atoms with E-state index in [1.165, 1.54) is 4.31 Å². The number of nitrogens with zero attached hydrogens (tertiary/aromatic N) is 1. The summed E-state index contributed by atoms with van der Waals surface area (Å²) < 4.78 is 32.3. The topological polar surface area (TPSA) is 75.7 Å². The van der Waals surface area contributed by atoms with Gasteiger partial charge >= 0.3 is 0 Å². The third-order valence-electron chi connectivity index (χ3n) is 4.90. The fourth-order valence-electron chi connectivity index (χ4n) is 3.30. The predicted octanol–water partition coefficient (Wildman–Crippen LogP) is 3.67. The van der Waals surface area contributed by atoms with Crippen molar-refractivity contribution < 1.29 is 17.9 Å². The van der Waals surface area contributed by atoms with Crippen molar-refractivity contribution in [1.29, 1.82) is 0 Å². The molecule has 0 radical (unpaired) electrons. The number of carbonyl (C=O) groups excluding carboxylic acids is 1. The molecule has 2 aromatic rings. The minimum atomic E-state index is -3.53. The molecular formula is C21H26N2O4S. The van der Waals surface area contributed by atoms with E-state index in [0.29, 0.717) is 11.4 Å². The average Bonchev–Trinajstić information content (AvgIpc) is 2.68. The fraction of sp³-hybridized carbons (Fsp3) is 0.381. The van der Waals surface area contributed by atoms with Gasteiger partial charge in [-0.25, -0.2) is 8.42 Å². The molecule has 0 bridgehead atoms. The molecule has 150 valence electrons. The van der Waals surface area contributed by atoms with Gasteiger partial charge in [-0.1, -0.05) is 44.2 Å². The van der Waals surface area contributed by atoms with Crippen LogP contribution in [0.15, 0.2) is 42.5 Å². The van der Waals surface area contributed by atoms with E-state index in [-0.39, 0.29) is 24.1 Å². The zero-order chi connectivity index (χ0) is 20.5. The highest BCUT2D eigenvalue weighted by Gasteiger charge is 2.36. The van der Waals surface area contributed by atoms with E-state index in [1.54, 1.807) is 31.2 Å². The first-order valence-corrected chi connectivity index (χ1v) is 11.0. The molecule has 7 heteroatoms. The lowest BCUT2D eigenvalue weighted by Crippen LogP contribution is -2.49. The van der Waals surface area contributed by atoms with Gasteiger partial charge in [-0.05, 0) is 43.0 Å². The molecule has 0 fully saturated rings. The van der Waals surface area contributed by atoms with Crippen LogP contribution in [0, 0.1) is 6.92 Å². The maximum Gasteiger partial charge on any atom is 0.267 e. The van der Waals surface area contributed by atoms with Gasteiger partial charge < -0.3 is 10.1 Å². The van der Waals surface area contributed by atoms with E-state index in [0.717, 1.165) is 16.8 Å². The maximum absolute atomic E-state index is 13.0. The highest BCUT2D eigenvalue weighted by atomic mass is 32.2. The molecule has 0 saturated carbocycles. The van der Waals surface area contributed by atoms with E-state index < -0.39 is 16.1 Å². The van der Waals surface area contributed by atoms with Gasteiger partial charge in [0.05, 0.1) is 18.0 Å². The molecule has 1 unspecified atom stereocenters. The summed E-state index contributed by atoms with van der Waals surface area (Å²) in [7, 11) is -3.53. The lowest BCUT2D eigenvalue weighted by atomic mass is 9.98. The highest BCUT2D eigenvalue weighted by Crippen LogP contribution is 2.35. The van der Waals surface area contributed by atoms with Gasteiger partial charge in [-0.15, -0.1) is 0 Å². The SMILES string of the molecule is CCS(=O)(=O)N1CC(C(=O)Nc2c(C)cccc2C(C)C)Oc2ccccc21. The van der Waals surface area contributed by atoms with Crippen molar-refractivity contribution in [2.75, 3.05) is 21.9 Å². The molecule has 1 heterocycles. The molecule has 1 amide bonds. The van der Waals surface area contributed by atoms with Crippen LogP contribution in [0.1, 0.15) is 37.8 Å². The molecule has 3 rings (SSSR count). The van der Waals surface area contributed by atoms with Gasteiger partial charge in [0.1, 0.15) is 5.75 Å². The Hall–Kier alpha value is -2.54. The zero-order valence-electron chi connectivity index (χ0n) is 16.6. The van der Waals surface area contributed by atoms with E-state index >= 15 is 0 Å². The van der Waals surface area contributed by atoms with Crippen molar-refractivity contribution in [2.24, 2.45) is 0 Å². The molecule has 0 aromatic heterocycles. The number of sulfonamides is 1. The number of fused-ring (bicyclic) bond motifs is 1. The minimum absolute atomic E-state index is 0.0506. The Morgan fingerprint density at radius 3 is 2.61 bits per heavy atom. The van der Waals surface area contributed by atoms with Crippen LogP contribution < -0.4 is 14.4 Å². The van der Waals surface area contributed by atoms with Crippen LogP contribution in [0.25, 0.3) is 0 Å². The number of benzene rings is 2. The Morgan fingerprint density at radius 2 is 1.93 bits per heavy atom. The van der Waals surface area contributed by atoms with Gasteiger partial charge in [0.15, 0.2) is 6.10 Å². The largest absolute Gasteiger partial charge is 0.476 e. The molecule has 0 spiro atoms. The smallest absolute Gasteiger partial charge is 0.267 e. The Bertz CT molecular complexity index is 986. The molecule has 28 heavy (non-hydrogen) atoms. The number of hydrogen-bond donors (Lipinski definition) is 1. The van der Waals surface area contributed by atoms with Crippen LogP contribution in [-0.2, 0) is 14.8 Å². The van der Waals surface area contributed by atoms with Crippen molar-refractivity contribution >= 4 is 27.3 Å². The zero-order valence-corrected chi connectivity index (χ0v) is 17.4. The molecule has 1 aliphatic heterocycles. The quantitative estimate of drug-likeness (QED) is 0.828. The standard InChI is InChI=1S/C21H26N2O4S/c1-5-28(25,26)23-13-19(27-18-12-7-6-11-17(18)23)21(24)22-20-15(4)9-8-10-16(20)14(2)3/h6-12,14,19H,5,13H2,1-4H3,(H,22,24). The van der Waals surface area contributed by atoms with E-state index in [2.05, 4.69) is 19.2 Å². The van der Waals surface area contributed by atoms with Crippen molar-refractivity contribution in [3.63, 3.8) is 0 Å². The number of nitrogens with one attached hydrogen (secondary N) is 1. The minimum Gasteiger partial charge on any atom is -0.476 e. The molecule has 1 N–H and O–H groups in total. The van der Waals surface area contributed by atoms with Gasteiger partial charge in [0.25, 0.3) is 5.91 Å². The summed E-state index contributed by atoms with van der Waals surface area (Å²) in [6.07, 6.45) is -0.934. The Labute approximate surface area is 166 Å². The first kappa shape index (κ1) is 20.2. The summed E-state index contributed by atoms with van der Waals surface area (Å²) >= 11 is 0. The van der Waals surface area contributed by atoms with Crippen LogP contribution in [0.3, 0.4) is 0 Å². The third-order valence-corrected chi connectivity index (χ3v) is 6.65. The van der Waals surface area contributed by atoms with Gasteiger partial charge in [0.2, 0.25) is 10.0 Å². The van der Waals surface area contributed by atoms with Crippen molar-refractivity contribution in [3.05, 3.63) is 53.6 Å². The Kier molecular flexibility index (Phi) is 5.65. The molecule has 1 atom stereocenters. The molecule has 1 aliphatic rings. The number of hydrogen-bond acceptors (Lipinski definition) is 4. The monoisotopic (exact) mass is 402 g/mol. The van der Waals surface area contributed by atoms with E-state index in [9.17, 15) is 13.2 Å². The normalized spacial score (nSPS) is 16.5. The van der Waals surface area contributed by atoms with Crippen LogP contribution in [0.4, 0.5) is 11.4 Å². The lowest BCUT2D eigenvalue weighted by Gasteiger charge is -2.34. The highest BCUT2D eigenvalue weighted by molar-refractivity contribution is 7.92. The van der Waals surface area contributed by atoms with Crippen LogP contribution in [-0.4, -0.2) is 32.7 Å². The van der Waals surface area contributed by atoms with Gasteiger partial charge in [0, 0.05) is 5.69 Å². The number of amides is 1. The van der Waals surface area contributed by atoms with Crippen LogP contribution >= 0.6 is 0 Å². The summed E-state index contributed by atoms with van der Waals surface area (Å²) in [5, 5.41) is 2.97. The lowest BCUT2D eigenvalue weighted by molar-refractivity contribution is -0.122. The predicted molar refractivity (Wildman–Crippen MR) is 112 cm³/mol. The summed E-state index contributed by atoms with van der Waals surface area (Å²) in [4.78, 5) is 13.0. The molecular weight excluding hydrogens is 376 g/mol. The number of rotatable bonds is 5. The van der Waals surface area contributed by atoms with E-state index in [4.69, 9.17) is 4.74 Å². The van der Waals surface area contributed by atoms with Gasteiger partial charge in [-0.2, -0.15) is 0 Å². The second kappa shape index (κ2) is 7.83. The maximum atomic E-state index is 13.0. The van der Waals surface area contributed by atoms with Crippen LogP contribution in [0.2, 0.25) is 0 Å². The second-order valence-corrected chi connectivity index (χ2v) is 9.37. The fourth-order valence-corrected chi connectivity index (χ4v) is 4.43. The van der Waals surface area contributed by atoms with Crippen molar-refractivity contribution in [1.82, 2.24) is 0 Å². The summed E-state index contributed by atoms with van der Waals surface area (Å²) in [5.74, 6) is 0.215. The summed E-state index contributed by atoms with van der Waals surface area (Å²) in [5.41, 5.74) is 3.21. The Morgan fingerprint density at radius 1 is 1.21 bits per heavy atom. The van der Waals surface area contributed by atoms with Crippen LogP contribution in [0.5, 0.6) is 5.75 Å². The molecule has 0 saturated heterocycles. The Balaban J connectivity index is 1.92. The average molecular weight is 403 g/mol. The first-order chi connectivity index (χ1) is 13.2. The molecule has 0 aliphatic carbocycles.